The first kappa shape index (κ1) is 13.3. The third-order valence-corrected chi connectivity index (χ3v) is 2.49. The quantitative estimate of drug-likeness (QED) is 0.859. The molecule has 4 nitrogen and oxygen atoms in total. The van der Waals surface area contributed by atoms with Crippen molar-refractivity contribution in [1.29, 1.82) is 0 Å². The Morgan fingerprint density at radius 2 is 2.06 bits per heavy atom. The number of rotatable bonds is 5. The van der Waals surface area contributed by atoms with Crippen LogP contribution in [0, 0.1) is 11.7 Å². The molecule has 1 unspecified atom stereocenters. The Hall–Kier alpha value is -1.78. The summed E-state index contributed by atoms with van der Waals surface area (Å²) in [5.74, 6) is -1.68. The average Bonchev–Trinajstić information content (AvgIpc) is 2.31. The van der Waals surface area contributed by atoms with Crippen molar-refractivity contribution in [3.8, 4) is 11.5 Å². The van der Waals surface area contributed by atoms with Gasteiger partial charge in [-0.05, 0) is 18.1 Å². The lowest BCUT2D eigenvalue weighted by molar-refractivity contribution is -0.141. The smallest absolute Gasteiger partial charge is 0.306 e. The van der Waals surface area contributed by atoms with E-state index in [-0.39, 0.29) is 17.7 Å². The monoisotopic (exact) mass is 242 g/mol. The van der Waals surface area contributed by atoms with Gasteiger partial charge in [0.2, 0.25) is 0 Å². The number of aliphatic carboxylic acids is 1. The number of halogens is 1. The molecule has 1 aromatic carbocycles. The summed E-state index contributed by atoms with van der Waals surface area (Å²) in [7, 11) is 2.80. The van der Waals surface area contributed by atoms with E-state index in [1.54, 1.807) is 0 Å². The molecule has 1 atom stereocenters. The molecule has 0 aliphatic carbocycles. The molecule has 0 bridgehead atoms. The van der Waals surface area contributed by atoms with Crippen LogP contribution >= 0.6 is 0 Å². The summed E-state index contributed by atoms with van der Waals surface area (Å²) in [4.78, 5) is 10.7. The van der Waals surface area contributed by atoms with Crippen LogP contribution in [-0.2, 0) is 11.2 Å². The fraction of sp³-hybridized carbons (Fsp3) is 0.417. The Bertz CT molecular complexity index is 417. The Labute approximate surface area is 99.0 Å². The highest BCUT2D eigenvalue weighted by molar-refractivity contribution is 5.70. The summed E-state index contributed by atoms with van der Waals surface area (Å²) in [6, 6.07) is 2.90. The van der Waals surface area contributed by atoms with E-state index >= 15 is 0 Å². The van der Waals surface area contributed by atoms with Crippen LogP contribution in [0.15, 0.2) is 12.1 Å². The van der Waals surface area contributed by atoms with Crippen molar-refractivity contribution in [2.75, 3.05) is 14.2 Å². The number of benzene rings is 1. The molecule has 17 heavy (non-hydrogen) atoms. The van der Waals surface area contributed by atoms with Crippen LogP contribution < -0.4 is 9.47 Å². The van der Waals surface area contributed by atoms with Crippen molar-refractivity contribution in [2.24, 2.45) is 5.92 Å². The van der Waals surface area contributed by atoms with Crippen LogP contribution in [0.3, 0.4) is 0 Å². The van der Waals surface area contributed by atoms with Gasteiger partial charge in [-0.2, -0.15) is 0 Å². The minimum Gasteiger partial charge on any atom is -0.497 e. The molecule has 0 radical (unpaired) electrons. The van der Waals surface area contributed by atoms with Gasteiger partial charge < -0.3 is 14.6 Å². The van der Waals surface area contributed by atoms with Crippen LogP contribution in [-0.4, -0.2) is 25.3 Å². The Morgan fingerprint density at radius 1 is 1.41 bits per heavy atom. The van der Waals surface area contributed by atoms with Crippen molar-refractivity contribution >= 4 is 5.97 Å². The molecule has 0 fully saturated rings. The summed E-state index contributed by atoms with van der Waals surface area (Å²) in [6.07, 6.45) is 0.0920. The van der Waals surface area contributed by atoms with Gasteiger partial charge >= 0.3 is 5.97 Å². The van der Waals surface area contributed by atoms with Gasteiger partial charge in [-0.3, -0.25) is 4.79 Å². The van der Waals surface area contributed by atoms with Gasteiger partial charge in [0.05, 0.1) is 20.1 Å². The topological polar surface area (TPSA) is 55.8 Å². The second-order valence-corrected chi connectivity index (χ2v) is 3.75. The summed E-state index contributed by atoms with van der Waals surface area (Å²) < 4.78 is 23.7. The highest BCUT2D eigenvalue weighted by atomic mass is 19.1. The molecule has 5 heteroatoms. The van der Waals surface area contributed by atoms with E-state index in [0.717, 1.165) is 0 Å². The van der Waals surface area contributed by atoms with Gasteiger partial charge in [-0.15, -0.1) is 0 Å². The number of hydrogen-bond donors (Lipinski definition) is 1. The lowest BCUT2D eigenvalue weighted by Gasteiger charge is -2.12. The third kappa shape index (κ3) is 3.09. The highest BCUT2D eigenvalue weighted by Gasteiger charge is 2.18. The first-order valence-corrected chi connectivity index (χ1v) is 5.12. The lowest BCUT2D eigenvalue weighted by Crippen LogP contribution is -2.13. The molecule has 0 saturated carbocycles. The number of carbonyl (C=O) groups is 1. The molecule has 1 rings (SSSR count). The molecule has 94 valence electrons. The van der Waals surface area contributed by atoms with Gasteiger partial charge in [-0.25, -0.2) is 4.39 Å². The average molecular weight is 242 g/mol. The number of hydrogen-bond acceptors (Lipinski definition) is 3. The maximum atomic E-state index is 13.8. The Balaban J connectivity index is 3.09. The first-order valence-electron chi connectivity index (χ1n) is 5.12. The van der Waals surface area contributed by atoms with Crippen molar-refractivity contribution in [1.82, 2.24) is 0 Å². The fourth-order valence-corrected chi connectivity index (χ4v) is 1.46. The number of ether oxygens (including phenoxy) is 2. The second kappa shape index (κ2) is 5.52. The lowest BCUT2D eigenvalue weighted by atomic mass is 10.0. The van der Waals surface area contributed by atoms with Gasteiger partial charge in [0.15, 0.2) is 11.6 Å². The standard InChI is InChI=1S/C12H15FO4/c1-7(12(14)15)4-8-5-9(16-2)6-10(17-3)11(8)13/h5-7H,4H2,1-3H3,(H,14,15). The predicted molar refractivity (Wildman–Crippen MR) is 60.0 cm³/mol. The van der Waals surface area contributed by atoms with Crippen LogP contribution in [0.4, 0.5) is 4.39 Å². The molecule has 0 saturated heterocycles. The van der Waals surface area contributed by atoms with E-state index in [0.29, 0.717) is 5.75 Å². The summed E-state index contributed by atoms with van der Waals surface area (Å²) in [6.45, 7) is 1.52. The summed E-state index contributed by atoms with van der Waals surface area (Å²) in [5.41, 5.74) is 0.274. The molecule has 0 aliphatic rings. The van der Waals surface area contributed by atoms with Crippen molar-refractivity contribution in [3.63, 3.8) is 0 Å². The SMILES string of the molecule is COc1cc(CC(C)C(=O)O)c(F)c(OC)c1. The maximum Gasteiger partial charge on any atom is 0.306 e. The summed E-state index contributed by atoms with van der Waals surface area (Å²) in [5, 5.41) is 8.80. The summed E-state index contributed by atoms with van der Waals surface area (Å²) >= 11 is 0. The largest absolute Gasteiger partial charge is 0.497 e. The molecule has 1 N–H and O–H groups in total. The van der Waals surface area contributed by atoms with E-state index < -0.39 is 17.7 Å². The molecule has 0 aliphatic heterocycles. The van der Waals surface area contributed by atoms with Crippen molar-refractivity contribution < 1.29 is 23.8 Å². The minimum absolute atomic E-state index is 0.0527. The van der Waals surface area contributed by atoms with Gasteiger partial charge in [0, 0.05) is 6.07 Å². The van der Waals surface area contributed by atoms with E-state index in [2.05, 4.69) is 0 Å². The van der Waals surface area contributed by atoms with Gasteiger partial charge in [0.1, 0.15) is 5.75 Å². The van der Waals surface area contributed by atoms with E-state index in [4.69, 9.17) is 14.6 Å². The van der Waals surface area contributed by atoms with Crippen LogP contribution in [0.25, 0.3) is 0 Å². The molecule has 0 amide bonds. The second-order valence-electron chi connectivity index (χ2n) is 3.75. The van der Waals surface area contributed by atoms with Crippen molar-refractivity contribution in [3.05, 3.63) is 23.5 Å². The van der Waals surface area contributed by atoms with Gasteiger partial charge in [-0.1, -0.05) is 6.92 Å². The Morgan fingerprint density at radius 3 is 2.53 bits per heavy atom. The molecule has 0 spiro atoms. The van der Waals surface area contributed by atoms with Crippen LogP contribution in [0.2, 0.25) is 0 Å². The zero-order chi connectivity index (χ0) is 13.0. The van der Waals surface area contributed by atoms with E-state index in [1.165, 1.54) is 33.3 Å². The molecular formula is C12H15FO4. The number of carboxylic acids is 1. The highest BCUT2D eigenvalue weighted by Crippen LogP contribution is 2.28. The zero-order valence-corrected chi connectivity index (χ0v) is 9.99. The minimum atomic E-state index is -0.966. The molecule has 0 heterocycles. The van der Waals surface area contributed by atoms with Crippen LogP contribution in [0.5, 0.6) is 11.5 Å². The Kier molecular flexibility index (Phi) is 4.31. The first-order chi connectivity index (χ1) is 7.99. The normalized spacial score (nSPS) is 12.0. The number of carboxylic acid groups (broad SMARTS) is 1. The zero-order valence-electron chi connectivity index (χ0n) is 9.99. The van der Waals surface area contributed by atoms with E-state index in [1.807, 2.05) is 0 Å². The maximum absolute atomic E-state index is 13.8. The number of methoxy groups -OCH3 is 2. The predicted octanol–water partition coefficient (Wildman–Crippen LogP) is 2.11. The fourth-order valence-electron chi connectivity index (χ4n) is 1.46. The molecule has 1 aromatic rings. The van der Waals surface area contributed by atoms with Gasteiger partial charge in [0.25, 0.3) is 0 Å². The molecular weight excluding hydrogens is 227 g/mol. The van der Waals surface area contributed by atoms with Crippen molar-refractivity contribution in [2.45, 2.75) is 13.3 Å². The van der Waals surface area contributed by atoms with Crippen LogP contribution in [0.1, 0.15) is 12.5 Å². The molecule has 0 aromatic heterocycles. The third-order valence-electron chi connectivity index (χ3n) is 2.49. The van der Waals surface area contributed by atoms with E-state index in [9.17, 15) is 9.18 Å².